The van der Waals surface area contributed by atoms with Gasteiger partial charge in [-0.05, 0) is 25.0 Å². The summed E-state index contributed by atoms with van der Waals surface area (Å²) in [6.45, 7) is 2.20. The van der Waals surface area contributed by atoms with E-state index in [1.54, 1.807) is 11.3 Å². The lowest BCUT2D eigenvalue weighted by atomic mass is 10.2. The second kappa shape index (κ2) is 6.39. The number of hydrogen-bond donors (Lipinski definition) is 0. The summed E-state index contributed by atoms with van der Waals surface area (Å²) in [5, 5.41) is 1.06. The van der Waals surface area contributed by atoms with E-state index in [0.717, 1.165) is 28.8 Å². The van der Waals surface area contributed by atoms with Crippen LogP contribution >= 0.6 is 38.9 Å². The molecule has 2 rings (SSSR count). The predicted molar refractivity (Wildman–Crippen MR) is 75.8 cm³/mol. The smallest absolute Gasteiger partial charge is 0.0931 e. The Morgan fingerprint density at radius 3 is 2.69 bits per heavy atom. The van der Waals surface area contributed by atoms with Gasteiger partial charge < -0.3 is 0 Å². The van der Waals surface area contributed by atoms with Gasteiger partial charge in [0.1, 0.15) is 0 Å². The molecule has 1 nitrogen and oxygen atoms in total. The predicted octanol–water partition coefficient (Wildman–Crippen LogP) is 4.54. The SMILES string of the molecule is Clc1ccc(CN(CCBr)C2CCCC2)s1. The molecule has 0 aromatic carbocycles. The molecular formula is C12H17BrClNS. The van der Waals surface area contributed by atoms with Gasteiger partial charge >= 0.3 is 0 Å². The number of thiophene rings is 1. The first-order valence-corrected chi connectivity index (χ1v) is 8.15. The van der Waals surface area contributed by atoms with Crippen LogP contribution in [0.1, 0.15) is 30.6 Å². The van der Waals surface area contributed by atoms with Crippen LogP contribution in [0.3, 0.4) is 0 Å². The molecule has 0 radical (unpaired) electrons. The van der Waals surface area contributed by atoms with Crippen LogP contribution in [-0.4, -0.2) is 22.8 Å². The summed E-state index contributed by atoms with van der Waals surface area (Å²) >= 11 is 11.2. The van der Waals surface area contributed by atoms with E-state index in [-0.39, 0.29) is 0 Å². The standard InChI is InChI=1S/C12H17BrClNS/c13-7-8-15(10-3-1-2-4-10)9-11-5-6-12(14)16-11/h5-6,10H,1-4,7-9H2. The highest BCUT2D eigenvalue weighted by Gasteiger charge is 2.22. The van der Waals surface area contributed by atoms with Crippen molar-refractivity contribution in [2.24, 2.45) is 0 Å². The number of rotatable bonds is 5. The Hall–Kier alpha value is 0.430. The summed E-state index contributed by atoms with van der Waals surface area (Å²) < 4.78 is 0.903. The number of nitrogens with zero attached hydrogens (tertiary/aromatic N) is 1. The molecule has 16 heavy (non-hydrogen) atoms. The van der Waals surface area contributed by atoms with Crippen molar-refractivity contribution in [3.8, 4) is 0 Å². The molecule has 0 unspecified atom stereocenters. The van der Waals surface area contributed by atoms with E-state index in [0.29, 0.717) is 0 Å². The van der Waals surface area contributed by atoms with Crippen LogP contribution in [0.2, 0.25) is 4.34 Å². The van der Waals surface area contributed by atoms with Crippen molar-refractivity contribution >= 4 is 38.9 Å². The molecule has 1 saturated carbocycles. The number of alkyl halides is 1. The van der Waals surface area contributed by atoms with Gasteiger partial charge in [0.25, 0.3) is 0 Å². The fraction of sp³-hybridized carbons (Fsp3) is 0.667. The Morgan fingerprint density at radius 1 is 1.38 bits per heavy atom. The first-order chi connectivity index (χ1) is 7.79. The van der Waals surface area contributed by atoms with Crippen molar-refractivity contribution in [2.75, 3.05) is 11.9 Å². The lowest BCUT2D eigenvalue weighted by Crippen LogP contribution is -2.34. The zero-order chi connectivity index (χ0) is 11.4. The fourth-order valence-electron chi connectivity index (χ4n) is 2.41. The van der Waals surface area contributed by atoms with Gasteiger partial charge in [-0.25, -0.2) is 0 Å². The second-order valence-electron chi connectivity index (χ2n) is 4.30. The molecule has 1 aliphatic rings. The lowest BCUT2D eigenvalue weighted by Gasteiger charge is -2.27. The summed E-state index contributed by atoms with van der Waals surface area (Å²) in [5.74, 6) is 0. The van der Waals surface area contributed by atoms with Crippen LogP contribution in [0.15, 0.2) is 12.1 Å². The van der Waals surface area contributed by atoms with Crippen LogP contribution in [-0.2, 0) is 6.54 Å². The monoisotopic (exact) mass is 321 g/mol. The van der Waals surface area contributed by atoms with E-state index in [2.05, 4.69) is 26.9 Å². The van der Waals surface area contributed by atoms with Crippen LogP contribution < -0.4 is 0 Å². The van der Waals surface area contributed by atoms with E-state index in [1.165, 1.54) is 30.6 Å². The third-order valence-electron chi connectivity index (χ3n) is 3.20. The van der Waals surface area contributed by atoms with Gasteiger partial charge in [-0.1, -0.05) is 40.4 Å². The molecule has 0 N–H and O–H groups in total. The molecule has 90 valence electrons. The maximum atomic E-state index is 5.97. The van der Waals surface area contributed by atoms with E-state index in [9.17, 15) is 0 Å². The molecule has 1 heterocycles. The average molecular weight is 323 g/mol. The normalized spacial score (nSPS) is 17.4. The Bertz CT molecular complexity index is 323. The molecule has 0 bridgehead atoms. The van der Waals surface area contributed by atoms with E-state index >= 15 is 0 Å². The number of hydrogen-bond acceptors (Lipinski definition) is 2. The molecule has 0 atom stereocenters. The van der Waals surface area contributed by atoms with Crippen LogP contribution in [0.25, 0.3) is 0 Å². The molecule has 0 spiro atoms. The largest absolute Gasteiger partial charge is 0.294 e. The second-order valence-corrected chi connectivity index (χ2v) is 6.90. The van der Waals surface area contributed by atoms with Crippen LogP contribution in [0.4, 0.5) is 0 Å². The highest BCUT2D eigenvalue weighted by molar-refractivity contribution is 9.09. The fourth-order valence-corrected chi connectivity index (χ4v) is 3.97. The average Bonchev–Trinajstić information content (AvgIpc) is 2.88. The zero-order valence-electron chi connectivity index (χ0n) is 9.29. The molecule has 1 aliphatic carbocycles. The van der Waals surface area contributed by atoms with Gasteiger partial charge in [0, 0.05) is 29.3 Å². The summed E-state index contributed by atoms with van der Waals surface area (Å²) in [7, 11) is 0. The number of halogens is 2. The van der Waals surface area contributed by atoms with Crippen molar-refractivity contribution in [3.63, 3.8) is 0 Å². The molecule has 0 amide bonds. The van der Waals surface area contributed by atoms with Crippen molar-refractivity contribution in [3.05, 3.63) is 21.3 Å². The van der Waals surface area contributed by atoms with Gasteiger partial charge in [0.15, 0.2) is 0 Å². The van der Waals surface area contributed by atoms with E-state index in [1.807, 2.05) is 6.07 Å². The minimum atomic E-state index is 0.790. The quantitative estimate of drug-likeness (QED) is 0.719. The molecule has 1 aromatic heterocycles. The topological polar surface area (TPSA) is 3.24 Å². The first kappa shape index (κ1) is 12.9. The first-order valence-electron chi connectivity index (χ1n) is 5.84. The molecule has 1 fully saturated rings. The van der Waals surface area contributed by atoms with Crippen molar-refractivity contribution in [2.45, 2.75) is 38.3 Å². The maximum absolute atomic E-state index is 5.97. The molecule has 0 saturated heterocycles. The van der Waals surface area contributed by atoms with Crippen LogP contribution in [0, 0.1) is 0 Å². The third-order valence-corrected chi connectivity index (χ3v) is 4.77. The zero-order valence-corrected chi connectivity index (χ0v) is 12.5. The van der Waals surface area contributed by atoms with Gasteiger partial charge in [-0.3, -0.25) is 4.90 Å². The van der Waals surface area contributed by atoms with Crippen LogP contribution in [0.5, 0.6) is 0 Å². The minimum absolute atomic E-state index is 0.790. The van der Waals surface area contributed by atoms with E-state index < -0.39 is 0 Å². The van der Waals surface area contributed by atoms with Gasteiger partial charge in [0.2, 0.25) is 0 Å². The molecular weight excluding hydrogens is 306 g/mol. The van der Waals surface area contributed by atoms with Gasteiger partial charge in [-0.15, -0.1) is 11.3 Å². The highest BCUT2D eigenvalue weighted by atomic mass is 79.9. The summed E-state index contributed by atoms with van der Waals surface area (Å²) in [6.07, 6.45) is 5.53. The third kappa shape index (κ3) is 3.46. The Labute approximate surface area is 115 Å². The van der Waals surface area contributed by atoms with Gasteiger partial charge in [0.05, 0.1) is 4.34 Å². The summed E-state index contributed by atoms with van der Waals surface area (Å²) in [6, 6.07) is 4.95. The van der Waals surface area contributed by atoms with Gasteiger partial charge in [-0.2, -0.15) is 0 Å². The molecule has 1 aromatic rings. The van der Waals surface area contributed by atoms with E-state index in [4.69, 9.17) is 11.6 Å². The summed E-state index contributed by atoms with van der Waals surface area (Å²) in [4.78, 5) is 3.99. The van der Waals surface area contributed by atoms with Crippen molar-refractivity contribution in [1.82, 2.24) is 4.90 Å². The summed E-state index contributed by atoms with van der Waals surface area (Å²) in [5.41, 5.74) is 0. The maximum Gasteiger partial charge on any atom is 0.0931 e. The Kier molecular flexibility index (Phi) is 5.14. The molecule has 4 heteroatoms. The minimum Gasteiger partial charge on any atom is -0.294 e. The van der Waals surface area contributed by atoms with Crippen molar-refractivity contribution in [1.29, 1.82) is 0 Å². The Balaban J connectivity index is 1.96. The lowest BCUT2D eigenvalue weighted by molar-refractivity contribution is 0.204. The molecule has 0 aliphatic heterocycles. The highest BCUT2D eigenvalue weighted by Crippen LogP contribution is 2.28. The van der Waals surface area contributed by atoms with Crippen molar-refractivity contribution < 1.29 is 0 Å². The Morgan fingerprint density at radius 2 is 2.12 bits per heavy atom.